The standard InChI is InChI=1S/C26H26ClNO2/c1-15-22-20(28-26(2,3)25(15)29-4)14-13-19-18-7-5-6-8-21(18)30-24(23(19)22)16-9-11-17(27)12-10-16/h5-15,24-25,28H,1-4H3. The van der Waals surface area contributed by atoms with E-state index in [0.717, 1.165) is 27.6 Å². The number of benzene rings is 3. The summed E-state index contributed by atoms with van der Waals surface area (Å²) in [5.41, 5.74) is 6.92. The van der Waals surface area contributed by atoms with Gasteiger partial charge >= 0.3 is 0 Å². The number of hydrogen-bond donors (Lipinski definition) is 1. The molecule has 3 aromatic rings. The number of nitrogens with one attached hydrogen (secondary N) is 1. The molecule has 3 aromatic carbocycles. The molecule has 0 radical (unpaired) electrons. The van der Waals surface area contributed by atoms with E-state index in [1.165, 1.54) is 16.7 Å². The summed E-state index contributed by atoms with van der Waals surface area (Å²) in [4.78, 5) is 0. The highest BCUT2D eigenvalue weighted by molar-refractivity contribution is 6.30. The van der Waals surface area contributed by atoms with E-state index in [4.69, 9.17) is 21.1 Å². The Labute approximate surface area is 183 Å². The van der Waals surface area contributed by atoms with Gasteiger partial charge in [-0.2, -0.15) is 0 Å². The zero-order valence-corrected chi connectivity index (χ0v) is 18.5. The van der Waals surface area contributed by atoms with Crippen LogP contribution in [-0.2, 0) is 4.74 Å². The van der Waals surface area contributed by atoms with Crippen molar-refractivity contribution in [2.45, 2.75) is 44.4 Å². The van der Waals surface area contributed by atoms with Gasteiger partial charge in [0.2, 0.25) is 0 Å². The molecule has 154 valence electrons. The van der Waals surface area contributed by atoms with Crippen molar-refractivity contribution in [3.05, 3.63) is 82.4 Å². The van der Waals surface area contributed by atoms with Crippen LogP contribution in [0.15, 0.2) is 60.7 Å². The van der Waals surface area contributed by atoms with Crippen LogP contribution in [0.3, 0.4) is 0 Å². The number of anilines is 1. The predicted molar refractivity (Wildman–Crippen MR) is 123 cm³/mol. The van der Waals surface area contributed by atoms with Crippen LogP contribution in [0.5, 0.6) is 5.75 Å². The van der Waals surface area contributed by atoms with E-state index >= 15 is 0 Å². The van der Waals surface area contributed by atoms with Crippen LogP contribution in [0, 0.1) is 0 Å². The lowest BCUT2D eigenvalue weighted by molar-refractivity contribution is 0.0351. The first-order valence-electron chi connectivity index (χ1n) is 10.4. The first-order valence-corrected chi connectivity index (χ1v) is 10.8. The van der Waals surface area contributed by atoms with Gasteiger partial charge in [-0.25, -0.2) is 0 Å². The fourth-order valence-electron chi connectivity index (χ4n) is 5.30. The van der Waals surface area contributed by atoms with E-state index in [9.17, 15) is 0 Å². The Bertz CT molecular complexity index is 1110. The zero-order chi connectivity index (χ0) is 21.0. The van der Waals surface area contributed by atoms with Gasteiger partial charge in [0.05, 0.1) is 11.6 Å². The summed E-state index contributed by atoms with van der Waals surface area (Å²) >= 11 is 6.17. The van der Waals surface area contributed by atoms with Crippen molar-refractivity contribution in [2.75, 3.05) is 12.4 Å². The summed E-state index contributed by atoms with van der Waals surface area (Å²) in [6.07, 6.45) is -0.162. The number of methoxy groups -OCH3 is 1. The van der Waals surface area contributed by atoms with Crippen molar-refractivity contribution < 1.29 is 9.47 Å². The van der Waals surface area contributed by atoms with Gasteiger partial charge in [-0.05, 0) is 54.8 Å². The Balaban J connectivity index is 1.78. The highest BCUT2D eigenvalue weighted by atomic mass is 35.5. The second kappa shape index (κ2) is 7.04. The molecule has 0 aliphatic carbocycles. The number of halogens is 1. The molecule has 0 saturated carbocycles. The number of ether oxygens (including phenoxy) is 2. The molecule has 0 aromatic heterocycles. The van der Waals surface area contributed by atoms with E-state index in [1.54, 1.807) is 7.11 Å². The largest absolute Gasteiger partial charge is 0.480 e. The maximum absolute atomic E-state index is 6.61. The van der Waals surface area contributed by atoms with Gasteiger partial charge in [-0.3, -0.25) is 0 Å². The monoisotopic (exact) mass is 419 g/mol. The minimum absolute atomic E-state index is 0.0412. The molecule has 0 spiro atoms. The molecule has 0 amide bonds. The smallest absolute Gasteiger partial charge is 0.150 e. The Morgan fingerprint density at radius 3 is 2.40 bits per heavy atom. The third-order valence-corrected chi connectivity index (χ3v) is 6.73. The van der Waals surface area contributed by atoms with Gasteiger partial charge in [-0.1, -0.05) is 54.9 Å². The molecule has 3 nitrogen and oxygen atoms in total. The summed E-state index contributed by atoms with van der Waals surface area (Å²) in [5, 5.41) is 4.44. The highest BCUT2D eigenvalue weighted by Crippen LogP contribution is 2.52. The topological polar surface area (TPSA) is 30.5 Å². The quantitative estimate of drug-likeness (QED) is 0.494. The minimum atomic E-state index is -0.204. The van der Waals surface area contributed by atoms with E-state index < -0.39 is 0 Å². The molecule has 2 aliphatic heterocycles. The lowest BCUT2D eigenvalue weighted by atomic mass is 9.73. The Hall–Kier alpha value is -2.49. The Morgan fingerprint density at radius 1 is 0.933 bits per heavy atom. The summed E-state index contributed by atoms with van der Waals surface area (Å²) in [5.74, 6) is 1.12. The minimum Gasteiger partial charge on any atom is -0.480 e. The van der Waals surface area contributed by atoms with Gasteiger partial charge in [0, 0.05) is 34.9 Å². The molecule has 3 unspecified atom stereocenters. The van der Waals surface area contributed by atoms with Crippen LogP contribution in [0.4, 0.5) is 5.69 Å². The molecule has 0 fully saturated rings. The van der Waals surface area contributed by atoms with E-state index in [1.807, 2.05) is 24.3 Å². The van der Waals surface area contributed by atoms with Crippen molar-refractivity contribution in [2.24, 2.45) is 0 Å². The first-order chi connectivity index (χ1) is 14.4. The SMILES string of the molecule is COC1C(C)c2c(ccc3c2C(c2ccc(Cl)cc2)Oc2ccccc2-3)NC1(C)C. The van der Waals surface area contributed by atoms with Gasteiger partial charge in [0.15, 0.2) is 0 Å². The van der Waals surface area contributed by atoms with Crippen LogP contribution < -0.4 is 10.1 Å². The summed E-state index contributed by atoms with van der Waals surface area (Å²) in [6, 6.07) is 20.7. The van der Waals surface area contributed by atoms with Gasteiger partial charge in [0.1, 0.15) is 11.9 Å². The van der Waals surface area contributed by atoms with Gasteiger partial charge in [0.25, 0.3) is 0 Å². The fourth-order valence-corrected chi connectivity index (χ4v) is 5.42. The molecular formula is C26H26ClNO2. The van der Waals surface area contributed by atoms with Crippen molar-refractivity contribution in [1.29, 1.82) is 0 Å². The summed E-state index contributed by atoms with van der Waals surface area (Å²) in [6.45, 7) is 6.65. The molecule has 30 heavy (non-hydrogen) atoms. The van der Waals surface area contributed by atoms with Crippen LogP contribution in [0.25, 0.3) is 11.1 Å². The number of para-hydroxylation sites is 1. The molecule has 4 heteroatoms. The molecule has 1 N–H and O–H groups in total. The summed E-state index contributed by atoms with van der Waals surface area (Å²) in [7, 11) is 1.80. The van der Waals surface area contributed by atoms with E-state index in [0.29, 0.717) is 0 Å². The second-order valence-corrected chi connectivity index (χ2v) is 9.26. The van der Waals surface area contributed by atoms with Crippen LogP contribution >= 0.6 is 11.6 Å². The lowest BCUT2D eigenvalue weighted by Gasteiger charge is -2.46. The highest BCUT2D eigenvalue weighted by Gasteiger charge is 2.43. The zero-order valence-electron chi connectivity index (χ0n) is 17.7. The molecular weight excluding hydrogens is 394 g/mol. The third kappa shape index (κ3) is 2.91. The predicted octanol–water partition coefficient (Wildman–Crippen LogP) is 6.81. The van der Waals surface area contributed by atoms with E-state index in [-0.39, 0.29) is 23.7 Å². The van der Waals surface area contributed by atoms with E-state index in [2.05, 4.69) is 62.5 Å². The molecule has 0 saturated heterocycles. The molecule has 5 rings (SSSR count). The maximum Gasteiger partial charge on any atom is 0.150 e. The second-order valence-electron chi connectivity index (χ2n) is 8.83. The molecule has 0 bridgehead atoms. The van der Waals surface area contributed by atoms with Crippen molar-refractivity contribution in [1.82, 2.24) is 0 Å². The normalized spacial score (nSPS) is 23.4. The van der Waals surface area contributed by atoms with Crippen molar-refractivity contribution >= 4 is 17.3 Å². The summed E-state index contributed by atoms with van der Waals surface area (Å²) < 4.78 is 12.6. The molecule has 2 aliphatic rings. The van der Waals surface area contributed by atoms with Crippen LogP contribution in [-0.4, -0.2) is 18.8 Å². The fraction of sp³-hybridized carbons (Fsp3) is 0.308. The van der Waals surface area contributed by atoms with Crippen molar-refractivity contribution in [3.63, 3.8) is 0 Å². The van der Waals surface area contributed by atoms with Crippen LogP contribution in [0.2, 0.25) is 5.02 Å². The lowest BCUT2D eigenvalue weighted by Crippen LogP contribution is -2.51. The number of fused-ring (bicyclic) bond motifs is 5. The van der Waals surface area contributed by atoms with Gasteiger partial charge in [-0.15, -0.1) is 0 Å². The first kappa shape index (κ1) is 19.5. The van der Waals surface area contributed by atoms with Crippen LogP contribution in [0.1, 0.15) is 49.5 Å². The number of hydrogen-bond acceptors (Lipinski definition) is 3. The average molecular weight is 420 g/mol. The van der Waals surface area contributed by atoms with Crippen molar-refractivity contribution in [3.8, 4) is 16.9 Å². The van der Waals surface area contributed by atoms with Gasteiger partial charge < -0.3 is 14.8 Å². The molecule has 2 heterocycles. The maximum atomic E-state index is 6.61. The third-order valence-electron chi connectivity index (χ3n) is 6.48. The number of rotatable bonds is 2. The average Bonchev–Trinajstić information content (AvgIpc) is 2.73. The molecule has 3 atom stereocenters. The Morgan fingerprint density at radius 2 is 1.67 bits per heavy atom. The Kier molecular flexibility index (Phi) is 4.57.